The minimum absolute atomic E-state index is 0.271. The summed E-state index contributed by atoms with van der Waals surface area (Å²) >= 11 is 0. The summed E-state index contributed by atoms with van der Waals surface area (Å²) in [7, 11) is 0. The van der Waals surface area contributed by atoms with E-state index in [9.17, 15) is 4.79 Å². The summed E-state index contributed by atoms with van der Waals surface area (Å²) in [5, 5.41) is 3.35. The number of likely N-dealkylation sites (tertiary alicyclic amines) is 1. The van der Waals surface area contributed by atoms with Gasteiger partial charge >= 0.3 is 0 Å². The minimum atomic E-state index is 0.271. The SMILES string of the molecule is C[C@H]1CCCN(C(=O)CC2CCNCC2)[C@H]1CN. The van der Waals surface area contributed by atoms with Crippen molar-refractivity contribution in [3.63, 3.8) is 0 Å². The topological polar surface area (TPSA) is 58.4 Å². The minimum Gasteiger partial charge on any atom is -0.338 e. The van der Waals surface area contributed by atoms with Crippen LogP contribution < -0.4 is 11.1 Å². The maximum atomic E-state index is 12.4. The zero-order chi connectivity index (χ0) is 13.0. The van der Waals surface area contributed by atoms with Crippen LogP contribution in [0.4, 0.5) is 0 Å². The summed E-state index contributed by atoms with van der Waals surface area (Å²) in [6.07, 6.45) is 5.35. The molecule has 0 aromatic carbocycles. The van der Waals surface area contributed by atoms with Crippen molar-refractivity contribution in [2.45, 2.75) is 45.1 Å². The summed E-state index contributed by atoms with van der Waals surface area (Å²) in [5.41, 5.74) is 5.85. The predicted octanol–water partition coefficient (Wildman–Crippen LogP) is 0.962. The van der Waals surface area contributed by atoms with E-state index < -0.39 is 0 Å². The molecule has 4 nitrogen and oxygen atoms in total. The van der Waals surface area contributed by atoms with E-state index in [1.165, 1.54) is 6.42 Å². The van der Waals surface area contributed by atoms with Crippen LogP contribution in [0.3, 0.4) is 0 Å². The highest BCUT2D eigenvalue weighted by molar-refractivity contribution is 5.77. The second-order valence-corrected chi connectivity index (χ2v) is 5.91. The molecule has 2 rings (SSSR count). The second kappa shape index (κ2) is 6.53. The summed E-state index contributed by atoms with van der Waals surface area (Å²) < 4.78 is 0. The molecule has 0 unspecified atom stereocenters. The van der Waals surface area contributed by atoms with Crippen LogP contribution in [-0.2, 0) is 4.79 Å². The smallest absolute Gasteiger partial charge is 0.223 e. The lowest BCUT2D eigenvalue weighted by Crippen LogP contribution is -2.51. The van der Waals surface area contributed by atoms with Crippen molar-refractivity contribution in [3.05, 3.63) is 0 Å². The van der Waals surface area contributed by atoms with Crippen LogP contribution in [0.5, 0.6) is 0 Å². The highest BCUT2D eigenvalue weighted by Crippen LogP contribution is 2.25. The van der Waals surface area contributed by atoms with E-state index in [0.717, 1.165) is 45.3 Å². The van der Waals surface area contributed by atoms with Gasteiger partial charge < -0.3 is 16.0 Å². The molecule has 0 radical (unpaired) electrons. The van der Waals surface area contributed by atoms with E-state index in [0.29, 0.717) is 24.3 Å². The van der Waals surface area contributed by atoms with Crippen LogP contribution in [-0.4, -0.2) is 43.0 Å². The summed E-state index contributed by atoms with van der Waals surface area (Å²) in [6.45, 7) is 5.87. The van der Waals surface area contributed by atoms with E-state index in [-0.39, 0.29) is 6.04 Å². The number of nitrogens with one attached hydrogen (secondary N) is 1. The van der Waals surface area contributed by atoms with Crippen molar-refractivity contribution < 1.29 is 4.79 Å². The van der Waals surface area contributed by atoms with Crippen LogP contribution in [0, 0.1) is 11.8 Å². The number of nitrogens with zero attached hydrogens (tertiary/aromatic N) is 1. The van der Waals surface area contributed by atoms with Crippen molar-refractivity contribution in [3.8, 4) is 0 Å². The van der Waals surface area contributed by atoms with Crippen molar-refractivity contribution in [2.24, 2.45) is 17.6 Å². The van der Waals surface area contributed by atoms with Gasteiger partial charge in [0.25, 0.3) is 0 Å². The molecule has 0 saturated carbocycles. The lowest BCUT2D eigenvalue weighted by molar-refractivity contribution is -0.137. The first-order chi connectivity index (χ1) is 8.72. The Morgan fingerprint density at radius 1 is 1.33 bits per heavy atom. The van der Waals surface area contributed by atoms with Gasteiger partial charge in [0.15, 0.2) is 0 Å². The fourth-order valence-electron chi connectivity index (χ4n) is 3.37. The Bertz CT molecular complexity index is 276. The molecule has 0 aromatic heterocycles. The molecular formula is C14H27N3O. The van der Waals surface area contributed by atoms with Gasteiger partial charge in [0.1, 0.15) is 0 Å². The first kappa shape index (κ1) is 13.8. The van der Waals surface area contributed by atoms with Crippen LogP contribution in [0.25, 0.3) is 0 Å². The molecule has 0 aliphatic carbocycles. The summed E-state index contributed by atoms with van der Waals surface area (Å²) in [5.74, 6) is 1.47. The monoisotopic (exact) mass is 253 g/mol. The fourth-order valence-corrected chi connectivity index (χ4v) is 3.37. The molecule has 2 heterocycles. The molecule has 1 amide bonds. The number of rotatable bonds is 3. The van der Waals surface area contributed by atoms with Gasteiger partial charge in [0.05, 0.1) is 0 Å². The Hall–Kier alpha value is -0.610. The zero-order valence-corrected chi connectivity index (χ0v) is 11.5. The Morgan fingerprint density at radius 2 is 2.06 bits per heavy atom. The third kappa shape index (κ3) is 3.23. The molecule has 2 aliphatic rings. The molecule has 0 bridgehead atoms. The number of piperidine rings is 2. The number of nitrogens with two attached hydrogens (primary N) is 1. The number of hydrogen-bond acceptors (Lipinski definition) is 3. The molecule has 104 valence electrons. The van der Waals surface area contributed by atoms with Gasteiger partial charge in [0.2, 0.25) is 5.91 Å². The molecule has 4 heteroatoms. The largest absolute Gasteiger partial charge is 0.338 e. The molecule has 2 aliphatic heterocycles. The molecule has 2 saturated heterocycles. The quantitative estimate of drug-likeness (QED) is 0.788. The average Bonchev–Trinajstić information content (AvgIpc) is 2.39. The third-order valence-electron chi connectivity index (χ3n) is 4.60. The molecule has 2 atom stereocenters. The second-order valence-electron chi connectivity index (χ2n) is 5.91. The lowest BCUT2D eigenvalue weighted by atomic mass is 9.88. The molecule has 18 heavy (non-hydrogen) atoms. The third-order valence-corrected chi connectivity index (χ3v) is 4.60. The average molecular weight is 253 g/mol. The van der Waals surface area contributed by atoms with Gasteiger partial charge in [-0.2, -0.15) is 0 Å². The first-order valence-electron chi connectivity index (χ1n) is 7.42. The predicted molar refractivity (Wildman–Crippen MR) is 73.2 cm³/mol. The van der Waals surface area contributed by atoms with E-state index in [2.05, 4.69) is 17.1 Å². The van der Waals surface area contributed by atoms with Crippen LogP contribution in [0.15, 0.2) is 0 Å². The van der Waals surface area contributed by atoms with Crippen molar-refractivity contribution in [1.82, 2.24) is 10.2 Å². The van der Waals surface area contributed by atoms with E-state index in [1.807, 2.05) is 0 Å². The molecule has 0 aromatic rings. The fraction of sp³-hybridized carbons (Fsp3) is 0.929. The Labute approximate surface area is 110 Å². The number of carbonyl (C=O) groups is 1. The van der Waals surface area contributed by atoms with Crippen molar-refractivity contribution >= 4 is 5.91 Å². The van der Waals surface area contributed by atoms with Gasteiger partial charge in [-0.25, -0.2) is 0 Å². The molecular weight excluding hydrogens is 226 g/mol. The highest BCUT2D eigenvalue weighted by Gasteiger charge is 2.31. The van der Waals surface area contributed by atoms with Crippen molar-refractivity contribution in [2.75, 3.05) is 26.2 Å². The van der Waals surface area contributed by atoms with Gasteiger partial charge in [-0.1, -0.05) is 6.92 Å². The number of hydrogen-bond donors (Lipinski definition) is 2. The summed E-state index contributed by atoms with van der Waals surface area (Å²) in [6, 6.07) is 0.271. The first-order valence-corrected chi connectivity index (χ1v) is 7.42. The highest BCUT2D eigenvalue weighted by atomic mass is 16.2. The zero-order valence-electron chi connectivity index (χ0n) is 11.5. The molecule has 0 spiro atoms. The Kier molecular flexibility index (Phi) is 5.01. The number of carbonyl (C=O) groups excluding carboxylic acids is 1. The van der Waals surface area contributed by atoms with E-state index in [4.69, 9.17) is 5.73 Å². The van der Waals surface area contributed by atoms with Gasteiger partial charge in [-0.05, 0) is 50.6 Å². The van der Waals surface area contributed by atoms with Crippen molar-refractivity contribution in [1.29, 1.82) is 0 Å². The van der Waals surface area contributed by atoms with E-state index >= 15 is 0 Å². The number of amides is 1. The molecule has 3 N–H and O–H groups in total. The standard InChI is InChI=1S/C14H27N3O/c1-11-3-2-8-17(13(11)10-15)14(18)9-12-4-6-16-7-5-12/h11-13,16H,2-10,15H2,1H3/t11-,13-/m0/s1. The lowest BCUT2D eigenvalue weighted by Gasteiger charge is -2.40. The van der Waals surface area contributed by atoms with Crippen LogP contribution in [0.2, 0.25) is 0 Å². The van der Waals surface area contributed by atoms with Gasteiger partial charge in [-0.3, -0.25) is 4.79 Å². The Morgan fingerprint density at radius 3 is 2.72 bits per heavy atom. The molecule has 2 fully saturated rings. The Balaban J connectivity index is 1.89. The maximum absolute atomic E-state index is 12.4. The van der Waals surface area contributed by atoms with Gasteiger partial charge in [-0.15, -0.1) is 0 Å². The maximum Gasteiger partial charge on any atom is 0.223 e. The van der Waals surface area contributed by atoms with Gasteiger partial charge in [0, 0.05) is 25.6 Å². The van der Waals surface area contributed by atoms with Crippen LogP contribution >= 0.6 is 0 Å². The summed E-state index contributed by atoms with van der Waals surface area (Å²) in [4.78, 5) is 14.5. The van der Waals surface area contributed by atoms with Crippen LogP contribution in [0.1, 0.15) is 39.0 Å². The van der Waals surface area contributed by atoms with E-state index in [1.54, 1.807) is 0 Å². The normalized spacial score (nSPS) is 30.4.